The lowest BCUT2D eigenvalue weighted by atomic mass is 9.97. The van der Waals surface area contributed by atoms with E-state index in [0.29, 0.717) is 10.8 Å². The van der Waals surface area contributed by atoms with E-state index in [1.54, 1.807) is 25.1 Å². The summed E-state index contributed by atoms with van der Waals surface area (Å²) in [6.45, 7) is 0.814. The van der Waals surface area contributed by atoms with Gasteiger partial charge in [0, 0.05) is 5.39 Å². The van der Waals surface area contributed by atoms with Crippen LogP contribution in [-0.2, 0) is 6.42 Å². The van der Waals surface area contributed by atoms with Gasteiger partial charge in [-0.2, -0.15) is 8.78 Å². The molecule has 3 rings (SSSR count). The number of alkyl halides is 2. The van der Waals surface area contributed by atoms with Crippen LogP contribution in [0.4, 0.5) is 13.2 Å². The molecule has 0 heterocycles. The van der Waals surface area contributed by atoms with Gasteiger partial charge in [0.05, 0.1) is 5.56 Å². The molecule has 4 heteroatoms. The Hall–Kier alpha value is -2.75. The van der Waals surface area contributed by atoms with E-state index in [1.165, 1.54) is 17.7 Å². The first kappa shape index (κ1) is 19.0. The molecule has 140 valence electrons. The van der Waals surface area contributed by atoms with Crippen LogP contribution in [-0.4, -0.2) is 6.61 Å². The van der Waals surface area contributed by atoms with E-state index >= 15 is 0 Å². The van der Waals surface area contributed by atoms with Gasteiger partial charge in [0.25, 0.3) is 0 Å². The summed E-state index contributed by atoms with van der Waals surface area (Å²) in [6, 6.07) is 15.0. The van der Waals surface area contributed by atoms with Crippen LogP contribution in [0.2, 0.25) is 0 Å². The summed E-state index contributed by atoms with van der Waals surface area (Å²) in [4.78, 5) is 0. The Labute approximate surface area is 157 Å². The standard InChI is InChI=1S/C23H21F3O/c1-3-5-15-7-9-16(10-8-15)17-11-12-19-18(13-17)14-21(27-23(25)26)20(6-4-2)22(19)24/h4,6-14,23H,3,5H2,1-2H3/b6-4+. The van der Waals surface area contributed by atoms with E-state index in [1.807, 2.05) is 18.2 Å². The van der Waals surface area contributed by atoms with Crippen LogP contribution < -0.4 is 4.74 Å². The van der Waals surface area contributed by atoms with Gasteiger partial charge in [-0.05, 0) is 47.6 Å². The van der Waals surface area contributed by atoms with Crippen LogP contribution in [0, 0.1) is 5.82 Å². The lowest BCUT2D eigenvalue weighted by Gasteiger charge is -2.13. The molecule has 0 aliphatic carbocycles. The van der Waals surface area contributed by atoms with E-state index in [-0.39, 0.29) is 11.3 Å². The number of benzene rings is 3. The second-order valence-corrected chi connectivity index (χ2v) is 6.36. The predicted molar refractivity (Wildman–Crippen MR) is 105 cm³/mol. The van der Waals surface area contributed by atoms with Crippen molar-refractivity contribution >= 4 is 16.8 Å². The van der Waals surface area contributed by atoms with Crippen LogP contribution in [0.15, 0.2) is 54.6 Å². The molecule has 0 aliphatic rings. The molecule has 0 aromatic heterocycles. The summed E-state index contributed by atoms with van der Waals surface area (Å²) in [6.07, 6.45) is 5.13. The molecule has 0 bridgehead atoms. The quantitative estimate of drug-likeness (QED) is 0.445. The van der Waals surface area contributed by atoms with Gasteiger partial charge >= 0.3 is 6.61 Å². The molecule has 0 fully saturated rings. The molecular formula is C23H21F3O. The number of rotatable bonds is 6. The Morgan fingerprint density at radius 3 is 2.33 bits per heavy atom. The maximum absolute atomic E-state index is 14.9. The van der Waals surface area contributed by atoms with Crippen molar-refractivity contribution < 1.29 is 17.9 Å². The van der Waals surface area contributed by atoms with Crippen molar-refractivity contribution in [1.82, 2.24) is 0 Å². The third-order valence-electron chi connectivity index (χ3n) is 4.45. The molecule has 0 amide bonds. The third-order valence-corrected chi connectivity index (χ3v) is 4.45. The van der Waals surface area contributed by atoms with Gasteiger partial charge in [-0.15, -0.1) is 0 Å². The molecule has 3 aromatic carbocycles. The lowest BCUT2D eigenvalue weighted by molar-refractivity contribution is -0.0500. The van der Waals surface area contributed by atoms with Gasteiger partial charge in [-0.25, -0.2) is 4.39 Å². The highest BCUT2D eigenvalue weighted by Gasteiger charge is 2.16. The molecule has 0 saturated heterocycles. The van der Waals surface area contributed by atoms with Crippen molar-refractivity contribution in [1.29, 1.82) is 0 Å². The summed E-state index contributed by atoms with van der Waals surface area (Å²) in [7, 11) is 0. The average Bonchev–Trinajstić information content (AvgIpc) is 2.65. The number of fused-ring (bicyclic) bond motifs is 1. The van der Waals surface area contributed by atoms with Gasteiger partial charge < -0.3 is 4.74 Å². The number of halogens is 3. The van der Waals surface area contributed by atoms with Gasteiger partial charge in [0.1, 0.15) is 11.6 Å². The van der Waals surface area contributed by atoms with E-state index in [0.717, 1.165) is 24.0 Å². The highest BCUT2D eigenvalue weighted by molar-refractivity contribution is 5.91. The Morgan fingerprint density at radius 2 is 1.70 bits per heavy atom. The normalized spacial score (nSPS) is 11.6. The molecule has 0 spiro atoms. The Kier molecular flexibility index (Phi) is 5.84. The zero-order valence-corrected chi connectivity index (χ0v) is 15.3. The minimum absolute atomic E-state index is 0.0296. The van der Waals surface area contributed by atoms with Crippen molar-refractivity contribution in [2.75, 3.05) is 0 Å². The van der Waals surface area contributed by atoms with Gasteiger partial charge in [-0.3, -0.25) is 0 Å². The Bertz CT molecular complexity index is 960. The largest absolute Gasteiger partial charge is 0.434 e. The minimum Gasteiger partial charge on any atom is -0.434 e. The number of aryl methyl sites for hydroxylation is 1. The monoisotopic (exact) mass is 370 g/mol. The first-order valence-electron chi connectivity index (χ1n) is 8.96. The summed E-state index contributed by atoms with van der Waals surface area (Å²) in [5.74, 6) is -0.727. The molecule has 0 saturated carbocycles. The topological polar surface area (TPSA) is 9.23 Å². The van der Waals surface area contributed by atoms with Crippen LogP contribution >= 0.6 is 0 Å². The fraction of sp³-hybridized carbons (Fsp3) is 0.217. The number of hydrogen-bond acceptors (Lipinski definition) is 1. The van der Waals surface area contributed by atoms with E-state index in [9.17, 15) is 13.2 Å². The second-order valence-electron chi connectivity index (χ2n) is 6.36. The molecule has 1 nitrogen and oxygen atoms in total. The zero-order valence-electron chi connectivity index (χ0n) is 15.3. The molecule has 0 aliphatic heterocycles. The minimum atomic E-state index is -3.01. The summed E-state index contributed by atoms with van der Waals surface area (Å²) in [5, 5.41) is 0.891. The van der Waals surface area contributed by atoms with Crippen LogP contribution in [0.1, 0.15) is 31.4 Å². The smallest absolute Gasteiger partial charge is 0.387 e. The highest BCUT2D eigenvalue weighted by atomic mass is 19.3. The average molecular weight is 370 g/mol. The van der Waals surface area contributed by atoms with Crippen molar-refractivity contribution in [2.45, 2.75) is 33.3 Å². The molecular weight excluding hydrogens is 349 g/mol. The van der Waals surface area contributed by atoms with Gasteiger partial charge in [0.15, 0.2) is 0 Å². The van der Waals surface area contributed by atoms with E-state index in [4.69, 9.17) is 0 Å². The molecule has 3 aromatic rings. The first-order chi connectivity index (χ1) is 13.0. The Balaban J connectivity index is 2.09. The van der Waals surface area contributed by atoms with Crippen LogP contribution in [0.5, 0.6) is 5.75 Å². The SMILES string of the molecule is C/C=C/c1c(OC(F)F)cc2cc(-c3ccc(CCC)cc3)ccc2c1F. The zero-order chi connectivity index (χ0) is 19.4. The summed E-state index contributed by atoms with van der Waals surface area (Å²) < 4.78 is 44.9. The molecule has 0 atom stereocenters. The maximum atomic E-state index is 14.9. The van der Waals surface area contributed by atoms with Gasteiger partial charge in [0.2, 0.25) is 0 Å². The first-order valence-corrected chi connectivity index (χ1v) is 8.96. The highest BCUT2D eigenvalue weighted by Crippen LogP contribution is 2.34. The predicted octanol–water partition coefficient (Wildman–Crippen LogP) is 7.23. The van der Waals surface area contributed by atoms with Crippen molar-refractivity contribution in [2.24, 2.45) is 0 Å². The fourth-order valence-electron chi connectivity index (χ4n) is 3.20. The van der Waals surface area contributed by atoms with E-state index < -0.39 is 12.4 Å². The Morgan fingerprint density at radius 1 is 1.00 bits per heavy atom. The van der Waals surface area contributed by atoms with Crippen LogP contribution in [0.25, 0.3) is 28.0 Å². The third kappa shape index (κ3) is 4.16. The number of allylic oxidation sites excluding steroid dienone is 1. The number of ether oxygens (including phenoxy) is 1. The van der Waals surface area contributed by atoms with Crippen molar-refractivity contribution in [3.05, 3.63) is 71.6 Å². The van der Waals surface area contributed by atoms with Crippen molar-refractivity contribution in [3.8, 4) is 16.9 Å². The summed E-state index contributed by atoms with van der Waals surface area (Å²) >= 11 is 0. The molecule has 0 N–H and O–H groups in total. The van der Waals surface area contributed by atoms with Crippen molar-refractivity contribution in [3.63, 3.8) is 0 Å². The van der Waals surface area contributed by atoms with Crippen LogP contribution in [0.3, 0.4) is 0 Å². The molecule has 0 radical (unpaired) electrons. The number of hydrogen-bond donors (Lipinski definition) is 0. The fourth-order valence-corrected chi connectivity index (χ4v) is 3.20. The maximum Gasteiger partial charge on any atom is 0.387 e. The second kappa shape index (κ2) is 8.30. The molecule has 0 unspecified atom stereocenters. The summed E-state index contributed by atoms with van der Waals surface area (Å²) in [5.41, 5.74) is 3.18. The molecule has 27 heavy (non-hydrogen) atoms. The van der Waals surface area contributed by atoms with Gasteiger partial charge in [-0.1, -0.05) is 61.9 Å². The van der Waals surface area contributed by atoms with E-state index in [2.05, 4.69) is 23.8 Å². The lowest BCUT2D eigenvalue weighted by Crippen LogP contribution is -2.04.